The van der Waals surface area contributed by atoms with Gasteiger partial charge in [-0.1, -0.05) is 30.3 Å². The molecule has 3 aromatic carbocycles. The lowest BCUT2D eigenvalue weighted by molar-refractivity contribution is -0.137. The summed E-state index contributed by atoms with van der Waals surface area (Å²) in [4.78, 5) is 11.1. The van der Waals surface area contributed by atoms with Crippen molar-refractivity contribution >= 4 is 5.97 Å². The topological polar surface area (TPSA) is 81.8 Å². The maximum absolute atomic E-state index is 15.0. The zero-order valence-electron chi connectivity index (χ0n) is 18.4. The number of fused-ring (bicyclic) bond motifs is 2. The lowest BCUT2D eigenvalue weighted by Crippen LogP contribution is -2.07. The quantitative estimate of drug-likeness (QED) is 0.538. The first-order chi connectivity index (χ1) is 16.0. The second-order valence-electron chi connectivity index (χ2n) is 8.73. The minimum Gasteiger partial charge on any atom is -0.492 e. The van der Waals surface area contributed by atoms with E-state index in [9.17, 15) is 9.18 Å². The minimum absolute atomic E-state index is 0.0297. The van der Waals surface area contributed by atoms with Gasteiger partial charge in [0.15, 0.2) is 0 Å². The van der Waals surface area contributed by atoms with Crippen LogP contribution in [0.3, 0.4) is 0 Å². The number of benzene rings is 3. The number of carbonyl (C=O) groups is 1. The van der Waals surface area contributed by atoms with Crippen LogP contribution in [0.15, 0.2) is 48.5 Å². The number of nitrogens with two attached hydrogens (primary N) is 1. The molecule has 0 bridgehead atoms. The Morgan fingerprint density at radius 2 is 2.06 bits per heavy atom. The third kappa shape index (κ3) is 3.85. The first-order valence-electron chi connectivity index (χ1n) is 11.2. The highest BCUT2D eigenvalue weighted by atomic mass is 19.1. The average molecular weight is 448 g/mol. The van der Waals surface area contributed by atoms with Crippen molar-refractivity contribution in [1.82, 2.24) is 0 Å². The lowest BCUT2D eigenvalue weighted by atomic mass is 9.91. The summed E-state index contributed by atoms with van der Waals surface area (Å²) in [6.45, 7) is 2.86. The zero-order chi connectivity index (χ0) is 23.1. The van der Waals surface area contributed by atoms with E-state index in [2.05, 4.69) is 13.0 Å². The first kappa shape index (κ1) is 21.5. The fraction of sp³-hybridized carbons (Fsp3) is 0.296. The van der Waals surface area contributed by atoms with Crippen molar-refractivity contribution in [2.75, 3.05) is 6.61 Å². The summed E-state index contributed by atoms with van der Waals surface area (Å²) in [5.74, 6) is -0.0407. The van der Waals surface area contributed by atoms with E-state index in [0.717, 1.165) is 39.8 Å². The molecule has 0 amide bonds. The van der Waals surface area contributed by atoms with E-state index in [1.54, 1.807) is 6.07 Å². The Labute approximate surface area is 192 Å². The molecular weight excluding hydrogens is 421 g/mol. The van der Waals surface area contributed by atoms with Crippen LogP contribution in [0.1, 0.15) is 52.7 Å². The third-order valence-electron chi connectivity index (χ3n) is 6.80. The zero-order valence-corrected chi connectivity index (χ0v) is 18.4. The van der Waals surface area contributed by atoms with Gasteiger partial charge in [0.1, 0.15) is 23.4 Å². The fourth-order valence-corrected chi connectivity index (χ4v) is 5.11. The molecule has 1 aliphatic heterocycles. The molecular formula is C27H26FNO4. The van der Waals surface area contributed by atoms with E-state index in [4.69, 9.17) is 20.3 Å². The van der Waals surface area contributed by atoms with E-state index in [1.165, 1.54) is 6.07 Å². The maximum Gasteiger partial charge on any atom is 0.304 e. The number of carboxylic acids is 1. The van der Waals surface area contributed by atoms with E-state index in [-0.39, 0.29) is 18.2 Å². The molecule has 2 atom stereocenters. The second kappa shape index (κ2) is 8.52. The van der Waals surface area contributed by atoms with Crippen molar-refractivity contribution in [3.05, 3.63) is 82.2 Å². The molecule has 5 rings (SSSR count). The van der Waals surface area contributed by atoms with Gasteiger partial charge in [-0.25, -0.2) is 4.39 Å². The van der Waals surface area contributed by atoms with Crippen LogP contribution in [0.2, 0.25) is 0 Å². The SMILES string of the molecule is Cc1c(CN)cccc1-c1ccc(F)c2c1CCC2Oc1ccc2c(c1)OCC2CC(=O)O. The van der Waals surface area contributed by atoms with Crippen molar-refractivity contribution in [2.24, 2.45) is 5.73 Å². The van der Waals surface area contributed by atoms with E-state index >= 15 is 0 Å². The first-order valence-corrected chi connectivity index (χ1v) is 11.2. The van der Waals surface area contributed by atoms with Gasteiger partial charge in [-0.2, -0.15) is 0 Å². The van der Waals surface area contributed by atoms with Gasteiger partial charge in [-0.05, 0) is 59.7 Å². The van der Waals surface area contributed by atoms with Gasteiger partial charge in [0.25, 0.3) is 0 Å². The highest BCUT2D eigenvalue weighted by Gasteiger charge is 2.32. The average Bonchev–Trinajstić information content (AvgIpc) is 3.39. The summed E-state index contributed by atoms with van der Waals surface area (Å²) < 4.78 is 26.9. The van der Waals surface area contributed by atoms with Crippen LogP contribution < -0.4 is 15.2 Å². The molecule has 0 saturated carbocycles. The Morgan fingerprint density at radius 1 is 1.21 bits per heavy atom. The molecule has 2 unspecified atom stereocenters. The van der Waals surface area contributed by atoms with Gasteiger partial charge < -0.3 is 20.3 Å². The molecule has 1 aliphatic carbocycles. The maximum atomic E-state index is 15.0. The van der Waals surface area contributed by atoms with Crippen LogP contribution in [0.4, 0.5) is 4.39 Å². The van der Waals surface area contributed by atoms with Gasteiger partial charge in [0, 0.05) is 29.7 Å². The van der Waals surface area contributed by atoms with Crippen molar-refractivity contribution in [3.8, 4) is 22.6 Å². The molecule has 0 spiro atoms. The molecule has 3 N–H and O–H groups in total. The van der Waals surface area contributed by atoms with E-state index in [0.29, 0.717) is 36.6 Å². The molecule has 0 aromatic heterocycles. The molecule has 170 valence electrons. The monoisotopic (exact) mass is 447 g/mol. The van der Waals surface area contributed by atoms with Gasteiger partial charge >= 0.3 is 5.97 Å². The molecule has 5 nitrogen and oxygen atoms in total. The number of carboxylic acid groups (broad SMARTS) is 1. The third-order valence-corrected chi connectivity index (χ3v) is 6.80. The molecule has 33 heavy (non-hydrogen) atoms. The highest BCUT2D eigenvalue weighted by Crippen LogP contribution is 2.44. The predicted octanol–water partition coefficient (Wildman–Crippen LogP) is 5.28. The number of halogens is 1. The number of rotatable bonds is 6. The van der Waals surface area contributed by atoms with Crippen LogP contribution in [-0.4, -0.2) is 17.7 Å². The fourth-order valence-electron chi connectivity index (χ4n) is 5.11. The second-order valence-corrected chi connectivity index (χ2v) is 8.73. The number of hydrogen-bond donors (Lipinski definition) is 2. The molecule has 1 heterocycles. The number of aliphatic carboxylic acids is 1. The smallest absolute Gasteiger partial charge is 0.304 e. The summed E-state index contributed by atoms with van der Waals surface area (Å²) >= 11 is 0. The van der Waals surface area contributed by atoms with Crippen LogP contribution in [0.25, 0.3) is 11.1 Å². The van der Waals surface area contributed by atoms with Gasteiger partial charge in [0.05, 0.1) is 13.0 Å². The van der Waals surface area contributed by atoms with E-state index in [1.807, 2.05) is 30.3 Å². The van der Waals surface area contributed by atoms with Gasteiger partial charge in [-0.15, -0.1) is 0 Å². The number of ether oxygens (including phenoxy) is 2. The Balaban J connectivity index is 1.45. The normalized spacial score (nSPS) is 18.5. The van der Waals surface area contributed by atoms with Crippen molar-refractivity contribution in [1.29, 1.82) is 0 Å². The standard InChI is InChI=1S/C27H26FNO4/c1-15-16(13-29)3-2-4-19(15)21-7-9-23(28)27-22(21)8-10-24(27)33-18-5-6-20-17(11-26(30)31)14-32-25(20)12-18/h2-7,9,12,17,24H,8,10-11,13-14,29H2,1H3,(H,30,31). The Morgan fingerprint density at radius 3 is 2.85 bits per heavy atom. The summed E-state index contributed by atoms with van der Waals surface area (Å²) in [7, 11) is 0. The minimum atomic E-state index is -0.849. The largest absolute Gasteiger partial charge is 0.492 e. The van der Waals surface area contributed by atoms with Gasteiger partial charge in [-0.3, -0.25) is 4.79 Å². The van der Waals surface area contributed by atoms with Crippen LogP contribution in [-0.2, 0) is 17.8 Å². The predicted molar refractivity (Wildman–Crippen MR) is 123 cm³/mol. The molecule has 0 fully saturated rings. The summed E-state index contributed by atoms with van der Waals surface area (Å²) in [6, 6.07) is 14.9. The summed E-state index contributed by atoms with van der Waals surface area (Å²) in [5.41, 5.74) is 12.7. The Hall–Kier alpha value is -3.38. The van der Waals surface area contributed by atoms with Crippen molar-refractivity contribution in [2.45, 2.75) is 44.8 Å². The molecule has 2 aliphatic rings. The summed E-state index contributed by atoms with van der Waals surface area (Å²) in [5, 5.41) is 9.09. The Kier molecular flexibility index (Phi) is 5.54. The van der Waals surface area contributed by atoms with E-state index < -0.39 is 12.1 Å². The van der Waals surface area contributed by atoms with Crippen molar-refractivity contribution in [3.63, 3.8) is 0 Å². The van der Waals surface area contributed by atoms with Crippen LogP contribution >= 0.6 is 0 Å². The lowest BCUT2D eigenvalue weighted by Gasteiger charge is -2.18. The van der Waals surface area contributed by atoms with Gasteiger partial charge in [0.2, 0.25) is 0 Å². The molecule has 3 aromatic rings. The molecule has 6 heteroatoms. The highest BCUT2D eigenvalue weighted by molar-refractivity contribution is 5.74. The van der Waals surface area contributed by atoms with Crippen molar-refractivity contribution < 1.29 is 23.8 Å². The molecule has 0 radical (unpaired) electrons. The summed E-state index contributed by atoms with van der Waals surface area (Å²) in [6.07, 6.45) is 1.04. The van der Waals surface area contributed by atoms with Crippen LogP contribution in [0, 0.1) is 12.7 Å². The molecule has 0 saturated heterocycles. The van der Waals surface area contributed by atoms with Crippen LogP contribution in [0.5, 0.6) is 11.5 Å². The Bertz CT molecular complexity index is 1240. The number of hydrogen-bond acceptors (Lipinski definition) is 4.